The molecule has 4 aromatic rings. The lowest BCUT2D eigenvalue weighted by Gasteiger charge is -2.53. The molecule has 1 fully saturated rings. The molecule has 282 valence electrons. The number of benzene rings is 2. The molecule has 1 saturated carbocycles. The van der Waals surface area contributed by atoms with Crippen LogP contribution in [0.2, 0.25) is 0 Å². The molecule has 0 bridgehead atoms. The van der Waals surface area contributed by atoms with Crippen LogP contribution in [-0.2, 0) is 36.1 Å². The topological polar surface area (TPSA) is 166 Å². The van der Waals surface area contributed by atoms with Crippen LogP contribution in [0.3, 0.4) is 0 Å². The van der Waals surface area contributed by atoms with Gasteiger partial charge in [-0.2, -0.15) is 0 Å². The van der Waals surface area contributed by atoms with Gasteiger partial charge in [0.05, 0.1) is 44.9 Å². The van der Waals surface area contributed by atoms with Gasteiger partial charge >= 0.3 is 11.4 Å². The number of phenols is 1. The highest BCUT2D eigenvalue weighted by atomic mass is 35.5. The largest absolute Gasteiger partial charge is 0.504 e. The van der Waals surface area contributed by atoms with E-state index in [9.17, 15) is 29.1 Å². The third-order valence-corrected chi connectivity index (χ3v) is 12.6. The van der Waals surface area contributed by atoms with Crippen molar-refractivity contribution in [1.29, 1.82) is 0 Å². The zero-order valence-electron chi connectivity index (χ0n) is 29.1. The molecular weight excluding hydrogens is 788 g/mol. The Labute approximate surface area is 325 Å². The maximum atomic E-state index is 14.2. The van der Waals surface area contributed by atoms with E-state index >= 15 is 0 Å². The Kier molecular flexibility index (Phi) is 9.40. The van der Waals surface area contributed by atoms with Crippen LogP contribution in [0.4, 0.5) is 0 Å². The number of aryl methyl sites for hydroxylation is 2. The third-order valence-electron chi connectivity index (χ3n) is 10.3. The average Bonchev–Trinajstić information content (AvgIpc) is 3.41. The summed E-state index contributed by atoms with van der Waals surface area (Å²) in [7, 11) is 5.91. The van der Waals surface area contributed by atoms with Gasteiger partial charge in [0.2, 0.25) is 0 Å². The highest BCUT2D eigenvalue weighted by molar-refractivity contribution is 6.66. The Bertz CT molecular complexity index is 2580. The standard InChI is InChI=1S/C36H31Cl4N5O9/c1-42-22-15-27(54-4)26(53-3)14-21(22)41-20(32(42)49)10-11-43-33(50)44-12-9-18-19(7-5-17-6-8-24(46)25(13-17)52-2)36(40)31(48)29(38)28(37)30(47)35(36,39)16-23(18)45(44)34(43)51/h5-9,13-15,19,23,46H,10-12,16H2,1-4H3. The second kappa shape index (κ2) is 13.5. The van der Waals surface area contributed by atoms with E-state index in [1.807, 2.05) is 0 Å². The van der Waals surface area contributed by atoms with Gasteiger partial charge in [0.15, 0.2) is 34.6 Å². The number of halogens is 4. The van der Waals surface area contributed by atoms with E-state index in [1.54, 1.807) is 49.5 Å². The lowest BCUT2D eigenvalue weighted by atomic mass is 9.60. The number of aromatic hydroxyl groups is 1. The number of hydrogen-bond acceptors (Lipinski definition) is 10. The summed E-state index contributed by atoms with van der Waals surface area (Å²) in [5, 5.41) is 8.94. The lowest BCUT2D eigenvalue weighted by molar-refractivity contribution is -0.129. The smallest absolute Gasteiger partial charge is 0.347 e. The predicted octanol–water partition coefficient (Wildman–Crippen LogP) is 4.04. The number of Topliss-reactive ketones (excluding diaryl/α,β-unsaturated/α-hetero) is 2. The van der Waals surface area contributed by atoms with E-state index in [4.69, 9.17) is 60.6 Å². The Morgan fingerprint density at radius 3 is 2.28 bits per heavy atom. The summed E-state index contributed by atoms with van der Waals surface area (Å²) in [5.74, 6) is -2.05. The molecule has 7 rings (SSSR count). The normalized spacial score (nSPS) is 23.7. The molecule has 3 aliphatic rings. The molecule has 0 spiro atoms. The van der Waals surface area contributed by atoms with Crippen LogP contribution in [0.1, 0.15) is 23.7 Å². The number of allylic oxidation sites excluding steroid dienone is 5. The van der Waals surface area contributed by atoms with Crippen molar-refractivity contribution < 1.29 is 28.9 Å². The SMILES string of the molecule is COc1cc(C=CC2C3=CCn4c(=O)n(CCc5nc6cc(OC)c(OC)cc6n(C)c5=O)c(=O)n4C3CC3(Cl)C(=O)C(Cl)=C(Cl)C(=O)C23Cl)ccc1O. The maximum absolute atomic E-state index is 14.2. The van der Waals surface area contributed by atoms with Crippen molar-refractivity contribution in [2.75, 3.05) is 21.3 Å². The summed E-state index contributed by atoms with van der Waals surface area (Å²) in [6.45, 7) is -0.316. The first-order valence-corrected chi connectivity index (χ1v) is 18.0. The predicted molar refractivity (Wildman–Crippen MR) is 202 cm³/mol. The van der Waals surface area contributed by atoms with Crippen molar-refractivity contribution in [2.45, 2.75) is 41.7 Å². The van der Waals surface area contributed by atoms with Crippen LogP contribution in [0.15, 0.2) is 72.5 Å². The molecule has 14 nitrogen and oxygen atoms in total. The van der Waals surface area contributed by atoms with Crippen molar-refractivity contribution in [3.63, 3.8) is 0 Å². The van der Waals surface area contributed by atoms with Gasteiger partial charge in [-0.1, -0.05) is 47.5 Å². The Hall–Kier alpha value is -4.76. The number of nitrogens with zero attached hydrogens (tertiary/aromatic N) is 5. The van der Waals surface area contributed by atoms with Gasteiger partial charge in [-0.3, -0.25) is 14.4 Å². The molecule has 1 aliphatic heterocycles. The minimum absolute atomic E-state index is 0.0847. The number of hydrogen-bond donors (Lipinski definition) is 1. The lowest BCUT2D eigenvalue weighted by Crippen LogP contribution is -2.67. The minimum Gasteiger partial charge on any atom is -0.504 e. The molecule has 0 radical (unpaired) electrons. The number of alkyl halides is 2. The highest BCUT2D eigenvalue weighted by Gasteiger charge is 2.70. The molecule has 0 amide bonds. The second-order valence-electron chi connectivity index (χ2n) is 13.0. The quantitative estimate of drug-likeness (QED) is 0.203. The van der Waals surface area contributed by atoms with Crippen LogP contribution in [0.5, 0.6) is 23.0 Å². The van der Waals surface area contributed by atoms with Crippen molar-refractivity contribution in [3.8, 4) is 23.0 Å². The number of rotatable bonds is 8. The minimum atomic E-state index is -2.21. The molecule has 4 atom stereocenters. The van der Waals surface area contributed by atoms with Crippen molar-refractivity contribution in [1.82, 2.24) is 23.5 Å². The fourth-order valence-electron chi connectivity index (χ4n) is 7.55. The average molecular weight is 819 g/mol. The summed E-state index contributed by atoms with van der Waals surface area (Å²) in [4.78, 5) is 69.4. The van der Waals surface area contributed by atoms with E-state index in [0.29, 0.717) is 33.7 Å². The zero-order chi connectivity index (χ0) is 39.0. The first-order valence-electron chi connectivity index (χ1n) is 16.4. The van der Waals surface area contributed by atoms with Crippen molar-refractivity contribution in [3.05, 3.63) is 101 Å². The first kappa shape index (κ1) is 37.6. The van der Waals surface area contributed by atoms with E-state index in [2.05, 4.69) is 4.98 Å². The van der Waals surface area contributed by atoms with Crippen LogP contribution >= 0.6 is 46.4 Å². The molecule has 1 N–H and O–H groups in total. The molecule has 54 heavy (non-hydrogen) atoms. The highest BCUT2D eigenvalue weighted by Crippen LogP contribution is 2.61. The number of carbonyl (C=O) groups excluding carboxylic acids is 2. The van der Waals surface area contributed by atoms with Gasteiger partial charge in [-0.25, -0.2) is 28.5 Å². The van der Waals surface area contributed by atoms with Crippen LogP contribution in [-0.4, -0.2) is 71.2 Å². The second-order valence-corrected chi connectivity index (χ2v) is 15.0. The van der Waals surface area contributed by atoms with Crippen LogP contribution < -0.4 is 31.1 Å². The molecular formula is C36H31Cl4N5O9. The molecule has 0 saturated heterocycles. The molecule has 18 heteroatoms. The van der Waals surface area contributed by atoms with Gasteiger partial charge in [-0.15, -0.1) is 23.2 Å². The third kappa shape index (κ3) is 5.36. The summed E-state index contributed by atoms with van der Waals surface area (Å²) < 4.78 is 20.7. The van der Waals surface area contributed by atoms with E-state index in [-0.39, 0.29) is 36.7 Å². The molecule has 2 aliphatic carbocycles. The van der Waals surface area contributed by atoms with Gasteiger partial charge < -0.3 is 23.9 Å². The molecule has 2 aromatic heterocycles. The Morgan fingerprint density at radius 2 is 1.59 bits per heavy atom. The molecule has 3 heterocycles. The Balaban J connectivity index is 1.31. The summed E-state index contributed by atoms with van der Waals surface area (Å²) in [6.07, 6.45) is 4.34. The number of phenolic OH excluding ortho intramolecular Hbond substituents is 1. The van der Waals surface area contributed by atoms with Crippen LogP contribution in [0, 0.1) is 5.92 Å². The van der Waals surface area contributed by atoms with Crippen LogP contribution in [0.25, 0.3) is 17.1 Å². The Morgan fingerprint density at radius 1 is 0.926 bits per heavy atom. The van der Waals surface area contributed by atoms with Gasteiger partial charge in [0.1, 0.15) is 25.5 Å². The number of methoxy groups -OCH3 is 3. The van der Waals surface area contributed by atoms with Crippen molar-refractivity contribution >= 4 is 75.1 Å². The van der Waals surface area contributed by atoms with E-state index in [0.717, 1.165) is 4.57 Å². The summed E-state index contributed by atoms with van der Waals surface area (Å²) in [6, 6.07) is 6.76. The fraction of sp³-hybridized carbons (Fsp3) is 0.333. The maximum Gasteiger partial charge on any atom is 0.347 e. The number of carbonyl (C=O) groups is 2. The van der Waals surface area contributed by atoms with Gasteiger partial charge in [-0.05, 0) is 23.3 Å². The zero-order valence-corrected chi connectivity index (χ0v) is 32.1. The van der Waals surface area contributed by atoms with E-state index < -0.39 is 66.7 Å². The van der Waals surface area contributed by atoms with E-state index in [1.165, 1.54) is 41.3 Å². The number of fused-ring (bicyclic) bond motifs is 5. The fourth-order valence-corrected chi connectivity index (χ4v) is 9.03. The number of aromatic nitrogens is 5. The van der Waals surface area contributed by atoms with Gasteiger partial charge in [0.25, 0.3) is 5.56 Å². The number of ether oxygens (including phenoxy) is 3. The molecule has 4 unspecified atom stereocenters. The first-order chi connectivity index (χ1) is 25.6. The summed E-state index contributed by atoms with van der Waals surface area (Å²) >= 11 is 27.0. The van der Waals surface area contributed by atoms with Gasteiger partial charge in [0, 0.05) is 44.5 Å². The summed E-state index contributed by atoms with van der Waals surface area (Å²) in [5.41, 5.74) is 0.117. The van der Waals surface area contributed by atoms with Crippen molar-refractivity contribution in [2.24, 2.45) is 13.0 Å². The monoisotopic (exact) mass is 817 g/mol. The number of ketones is 2. The molecule has 2 aromatic carbocycles.